The van der Waals surface area contributed by atoms with Crippen molar-refractivity contribution < 1.29 is 19.1 Å². The van der Waals surface area contributed by atoms with Crippen LogP contribution >= 0.6 is 12.2 Å². The lowest BCUT2D eigenvalue weighted by molar-refractivity contribution is -0.115. The van der Waals surface area contributed by atoms with E-state index in [-0.39, 0.29) is 5.11 Å². The molecule has 3 N–H and O–H groups in total. The summed E-state index contributed by atoms with van der Waals surface area (Å²) < 4.78 is 10.4. The lowest BCUT2D eigenvalue weighted by Gasteiger charge is -2.09. The van der Waals surface area contributed by atoms with Crippen molar-refractivity contribution >= 4 is 35.2 Å². The van der Waals surface area contributed by atoms with Gasteiger partial charge in [0.05, 0.1) is 14.2 Å². The van der Waals surface area contributed by atoms with E-state index in [1.54, 1.807) is 43.5 Å². The van der Waals surface area contributed by atoms with Gasteiger partial charge in [-0.3, -0.25) is 30.7 Å². The molecular weight excluding hydrogens is 368 g/mol. The van der Waals surface area contributed by atoms with E-state index in [4.69, 9.17) is 21.7 Å². The van der Waals surface area contributed by atoms with Gasteiger partial charge in [0, 0.05) is 24.0 Å². The maximum Gasteiger partial charge on any atom is 0.269 e. The minimum Gasteiger partial charge on any atom is -0.493 e. The molecule has 0 fully saturated rings. The van der Waals surface area contributed by atoms with Crippen LogP contribution in [0.3, 0.4) is 0 Å². The van der Waals surface area contributed by atoms with Gasteiger partial charge >= 0.3 is 0 Å². The maximum absolute atomic E-state index is 11.9. The van der Waals surface area contributed by atoms with Crippen molar-refractivity contribution in [1.29, 1.82) is 0 Å². The number of amides is 2. The molecule has 0 radical (unpaired) electrons. The summed E-state index contributed by atoms with van der Waals surface area (Å²) in [6, 6.07) is 8.33. The number of carbonyl (C=O) groups excluding carboxylic acids is 2. The van der Waals surface area contributed by atoms with Crippen molar-refractivity contribution in [1.82, 2.24) is 21.2 Å². The molecule has 1 aromatic carbocycles. The van der Waals surface area contributed by atoms with E-state index in [1.807, 2.05) is 0 Å². The topological polar surface area (TPSA) is 102 Å². The Balaban J connectivity index is 1.85. The Kier molecular flexibility index (Phi) is 7.26. The van der Waals surface area contributed by atoms with Gasteiger partial charge in [-0.25, -0.2) is 0 Å². The van der Waals surface area contributed by atoms with E-state index in [2.05, 4.69) is 21.2 Å². The van der Waals surface area contributed by atoms with Gasteiger partial charge in [-0.05, 0) is 48.1 Å². The molecule has 0 aliphatic heterocycles. The van der Waals surface area contributed by atoms with Crippen LogP contribution in [0, 0.1) is 0 Å². The largest absolute Gasteiger partial charge is 0.493 e. The third-order valence-corrected chi connectivity index (χ3v) is 3.51. The number of rotatable bonds is 5. The number of hydrogen-bond donors (Lipinski definition) is 3. The minimum atomic E-state index is -0.458. The highest BCUT2D eigenvalue weighted by Crippen LogP contribution is 2.27. The molecule has 1 aromatic heterocycles. The Labute approximate surface area is 161 Å². The van der Waals surface area contributed by atoms with Gasteiger partial charge in [-0.15, -0.1) is 0 Å². The fraction of sp³-hybridized carbons (Fsp3) is 0.111. The first-order chi connectivity index (χ1) is 13.0. The maximum atomic E-state index is 11.9. The van der Waals surface area contributed by atoms with Crippen LogP contribution in [-0.4, -0.2) is 36.1 Å². The molecule has 2 rings (SSSR count). The van der Waals surface area contributed by atoms with Crippen LogP contribution in [0.1, 0.15) is 15.9 Å². The number of ether oxygens (including phenoxy) is 2. The number of thiocarbonyl (C=S) groups is 1. The number of nitrogens with one attached hydrogen (secondary N) is 3. The van der Waals surface area contributed by atoms with Crippen molar-refractivity contribution in [2.45, 2.75) is 0 Å². The van der Waals surface area contributed by atoms with E-state index >= 15 is 0 Å². The summed E-state index contributed by atoms with van der Waals surface area (Å²) in [4.78, 5) is 27.6. The van der Waals surface area contributed by atoms with Gasteiger partial charge in [0.2, 0.25) is 5.91 Å². The van der Waals surface area contributed by atoms with Crippen molar-refractivity contribution in [2.75, 3.05) is 14.2 Å². The van der Waals surface area contributed by atoms with E-state index < -0.39 is 11.8 Å². The summed E-state index contributed by atoms with van der Waals surface area (Å²) in [6.45, 7) is 0. The lowest BCUT2D eigenvalue weighted by atomic mass is 10.2. The third kappa shape index (κ3) is 6.08. The Bertz CT molecular complexity index is 856. The number of hydrazine groups is 1. The number of carbonyl (C=O) groups is 2. The van der Waals surface area contributed by atoms with Gasteiger partial charge in [0.1, 0.15) is 0 Å². The molecule has 0 spiro atoms. The monoisotopic (exact) mass is 386 g/mol. The Morgan fingerprint density at radius 3 is 2.41 bits per heavy atom. The first-order valence-electron chi connectivity index (χ1n) is 7.75. The van der Waals surface area contributed by atoms with Crippen molar-refractivity contribution in [3.63, 3.8) is 0 Å². The zero-order chi connectivity index (χ0) is 19.6. The number of methoxy groups -OCH3 is 2. The van der Waals surface area contributed by atoms with Crippen molar-refractivity contribution in [2.24, 2.45) is 0 Å². The van der Waals surface area contributed by atoms with Crippen LogP contribution in [0.2, 0.25) is 0 Å². The van der Waals surface area contributed by atoms with Crippen molar-refractivity contribution in [3.05, 3.63) is 59.9 Å². The molecule has 2 aromatic rings. The number of benzene rings is 1. The molecule has 0 bridgehead atoms. The summed E-state index contributed by atoms with van der Waals surface area (Å²) >= 11 is 4.96. The molecule has 0 saturated carbocycles. The van der Waals surface area contributed by atoms with E-state index in [9.17, 15) is 9.59 Å². The summed E-state index contributed by atoms with van der Waals surface area (Å²) in [5.41, 5.74) is 5.98. The van der Waals surface area contributed by atoms with Crippen LogP contribution in [-0.2, 0) is 4.79 Å². The summed E-state index contributed by atoms with van der Waals surface area (Å²) in [7, 11) is 3.07. The van der Waals surface area contributed by atoms with Crippen LogP contribution in [0.5, 0.6) is 11.5 Å². The quantitative estimate of drug-likeness (QED) is 0.406. The predicted octanol–water partition coefficient (Wildman–Crippen LogP) is 1.45. The molecule has 0 unspecified atom stereocenters. The normalized spacial score (nSPS) is 10.1. The fourth-order valence-corrected chi connectivity index (χ4v) is 2.15. The highest BCUT2D eigenvalue weighted by atomic mass is 32.1. The summed E-state index contributed by atoms with van der Waals surface area (Å²) in [5.74, 6) is 0.279. The highest BCUT2D eigenvalue weighted by Gasteiger charge is 2.06. The van der Waals surface area contributed by atoms with E-state index in [0.717, 1.165) is 5.56 Å². The first kappa shape index (κ1) is 19.9. The molecular formula is C18H18N4O4S. The molecule has 0 aliphatic rings. The second kappa shape index (κ2) is 9.88. The lowest BCUT2D eigenvalue weighted by Crippen LogP contribution is -2.48. The Morgan fingerprint density at radius 1 is 1.04 bits per heavy atom. The molecule has 0 saturated heterocycles. The second-order valence-corrected chi connectivity index (χ2v) is 5.49. The average Bonchev–Trinajstić information content (AvgIpc) is 2.70. The summed E-state index contributed by atoms with van der Waals surface area (Å²) in [5, 5.41) is 2.38. The number of nitrogens with zero attached hydrogens (tertiary/aromatic N) is 1. The fourth-order valence-electron chi connectivity index (χ4n) is 2.00. The average molecular weight is 386 g/mol. The molecule has 140 valence electrons. The number of pyridine rings is 1. The predicted molar refractivity (Wildman–Crippen MR) is 104 cm³/mol. The SMILES string of the molecule is COc1ccc(C=CC(=O)NC(=S)NNC(=O)c2ccncc2)cc1OC. The zero-order valence-electron chi connectivity index (χ0n) is 14.7. The smallest absolute Gasteiger partial charge is 0.269 e. The van der Waals surface area contributed by atoms with Crippen LogP contribution in [0.15, 0.2) is 48.8 Å². The minimum absolute atomic E-state index is 0.0423. The molecule has 9 heteroatoms. The van der Waals surface area contributed by atoms with Gasteiger partial charge < -0.3 is 9.47 Å². The molecule has 8 nitrogen and oxygen atoms in total. The Hall–Kier alpha value is -3.46. The second-order valence-electron chi connectivity index (χ2n) is 5.08. The van der Waals surface area contributed by atoms with Gasteiger partial charge in [0.25, 0.3) is 5.91 Å². The highest BCUT2D eigenvalue weighted by molar-refractivity contribution is 7.80. The van der Waals surface area contributed by atoms with Crippen LogP contribution in [0.4, 0.5) is 0 Å². The summed E-state index contributed by atoms with van der Waals surface area (Å²) in [6.07, 6.45) is 5.89. The molecule has 1 heterocycles. The van der Waals surface area contributed by atoms with Crippen molar-refractivity contribution in [3.8, 4) is 11.5 Å². The van der Waals surface area contributed by atoms with Gasteiger partial charge in [-0.1, -0.05) is 6.07 Å². The van der Waals surface area contributed by atoms with E-state index in [1.165, 1.54) is 25.6 Å². The first-order valence-corrected chi connectivity index (χ1v) is 8.15. The number of hydrogen-bond acceptors (Lipinski definition) is 6. The zero-order valence-corrected chi connectivity index (χ0v) is 15.5. The Morgan fingerprint density at radius 2 is 1.74 bits per heavy atom. The molecule has 2 amide bonds. The molecule has 27 heavy (non-hydrogen) atoms. The van der Waals surface area contributed by atoms with E-state index in [0.29, 0.717) is 17.1 Å². The molecule has 0 atom stereocenters. The van der Waals surface area contributed by atoms with Crippen LogP contribution in [0.25, 0.3) is 6.08 Å². The number of aromatic nitrogens is 1. The van der Waals surface area contributed by atoms with Gasteiger partial charge in [0.15, 0.2) is 16.6 Å². The standard InChI is InChI=1S/C18H18N4O4S/c1-25-14-5-3-12(11-15(14)26-2)4-6-16(23)20-18(27)22-21-17(24)13-7-9-19-10-8-13/h3-11H,1-2H3,(H,21,24)(H2,20,22,23,27). The third-order valence-electron chi connectivity index (χ3n) is 3.30. The van der Waals surface area contributed by atoms with Crippen LogP contribution < -0.4 is 25.6 Å². The molecule has 0 aliphatic carbocycles. The van der Waals surface area contributed by atoms with Gasteiger partial charge in [-0.2, -0.15) is 0 Å².